The van der Waals surface area contributed by atoms with Crippen LogP contribution >= 0.6 is 0 Å². The molecular weight excluding hydrogens is 258 g/mol. The van der Waals surface area contributed by atoms with E-state index in [2.05, 4.69) is 4.79 Å². The predicted molar refractivity (Wildman–Crippen MR) is 71.6 cm³/mol. The highest BCUT2D eigenvalue weighted by atomic mass is 16.4. The average Bonchev–Trinajstić information content (AvgIpc) is 2.48. The molecule has 0 spiro atoms. The second-order valence-electron chi connectivity index (χ2n) is 4.83. The van der Waals surface area contributed by atoms with Crippen molar-refractivity contribution in [3.05, 3.63) is 41.4 Å². The third kappa shape index (κ3) is 2.46. The molecule has 20 heavy (non-hydrogen) atoms. The van der Waals surface area contributed by atoms with Crippen molar-refractivity contribution >= 4 is 18.1 Å². The molecular formula is C14H15N3O3. The smallest absolute Gasteiger partial charge is 0.407 e. The van der Waals surface area contributed by atoms with Gasteiger partial charge in [-0.2, -0.15) is 4.79 Å². The van der Waals surface area contributed by atoms with Crippen LogP contribution in [0.25, 0.3) is 5.53 Å². The van der Waals surface area contributed by atoms with Crippen molar-refractivity contribution in [2.75, 3.05) is 13.1 Å². The Morgan fingerprint density at radius 2 is 1.85 bits per heavy atom. The number of carbonyl (C=O) groups excluding carboxylic acids is 1. The first-order valence-corrected chi connectivity index (χ1v) is 6.35. The largest absolute Gasteiger partial charge is 0.465 e. The quantitative estimate of drug-likeness (QED) is 0.514. The molecule has 6 heteroatoms. The molecule has 1 N–H and O–H groups in total. The lowest BCUT2D eigenvalue weighted by Gasteiger charge is -2.38. The molecule has 6 nitrogen and oxygen atoms in total. The molecule has 0 aromatic heterocycles. The number of Topliss-reactive ketones (excluding diaryl/α,β-unsaturated/α-hetero) is 1. The van der Waals surface area contributed by atoms with E-state index in [0.29, 0.717) is 12.8 Å². The van der Waals surface area contributed by atoms with Gasteiger partial charge in [0.1, 0.15) is 0 Å². The van der Waals surface area contributed by atoms with Crippen LogP contribution in [0.5, 0.6) is 0 Å². The lowest BCUT2D eigenvalue weighted by molar-refractivity contribution is -0.122. The molecule has 1 amide bonds. The van der Waals surface area contributed by atoms with Gasteiger partial charge in [0, 0.05) is 13.1 Å². The fourth-order valence-corrected chi connectivity index (χ4v) is 2.69. The molecule has 1 aliphatic rings. The van der Waals surface area contributed by atoms with Crippen LogP contribution in [0.4, 0.5) is 4.79 Å². The Hall–Kier alpha value is -2.46. The van der Waals surface area contributed by atoms with Gasteiger partial charge in [-0.1, -0.05) is 30.3 Å². The van der Waals surface area contributed by atoms with Crippen LogP contribution in [0.2, 0.25) is 0 Å². The molecule has 0 aliphatic carbocycles. The second-order valence-corrected chi connectivity index (χ2v) is 4.83. The van der Waals surface area contributed by atoms with Crippen molar-refractivity contribution in [3.8, 4) is 0 Å². The molecule has 0 atom stereocenters. The third-order valence-corrected chi connectivity index (χ3v) is 3.86. The summed E-state index contributed by atoms with van der Waals surface area (Å²) in [6.07, 6.45) is 0.695. The Kier molecular flexibility index (Phi) is 3.96. The zero-order valence-corrected chi connectivity index (χ0v) is 10.9. The Balaban J connectivity index is 2.35. The van der Waals surface area contributed by atoms with E-state index in [1.165, 1.54) is 4.90 Å². The lowest BCUT2D eigenvalue weighted by Crippen LogP contribution is -2.49. The van der Waals surface area contributed by atoms with Gasteiger partial charge in [0.15, 0.2) is 0 Å². The Morgan fingerprint density at radius 3 is 2.35 bits per heavy atom. The van der Waals surface area contributed by atoms with Gasteiger partial charge >= 0.3 is 12.3 Å². The third-order valence-electron chi connectivity index (χ3n) is 3.86. The normalized spacial score (nSPS) is 17.1. The molecule has 0 radical (unpaired) electrons. The van der Waals surface area contributed by atoms with Crippen LogP contribution in [-0.4, -0.2) is 46.0 Å². The minimum absolute atomic E-state index is 0.287. The van der Waals surface area contributed by atoms with Crippen molar-refractivity contribution in [2.24, 2.45) is 0 Å². The monoisotopic (exact) mass is 273 g/mol. The number of piperidine rings is 1. The minimum Gasteiger partial charge on any atom is -0.465 e. The van der Waals surface area contributed by atoms with Gasteiger partial charge in [-0.3, -0.25) is 4.79 Å². The van der Waals surface area contributed by atoms with E-state index in [1.54, 1.807) is 0 Å². The molecule has 0 saturated carbocycles. The first-order valence-electron chi connectivity index (χ1n) is 6.35. The van der Waals surface area contributed by atoms with Crippen molar-refractivity contribution < 1.29 is 19.5 Å². The summed E-state index contributed by atoms with van der Waals surface area (Å²) in [6.45, 7) is 0.574. The molecule has 1 aromatic carbocycles. The summed E-state index contributed by atoms with van der Waals surface area (Å²) in [6, 6.07) is 9.22. The number of nitrogens with zero attached hydrogens (tertiary/aromatic N) is 3. The summed E-state index contributed by atoms with van der Waals surface area (Å²) in [7, 11) is 0. The van der Waals surface area contributed by atoms with Gasteiger partial charge in [-0.25, -0.2) is 4.79 Å². The average molecular weight is 273 g/mol. The number of benzene rings is 1. The molecule has 1 aliphatic heterocycles. The van der Waals surface area contributed by atoms with Crippen molar-refractivity contribution in [3.63, 3.8) is 0 Å². The fraction of sp³-hybridized carbons (Fsp3) is 0.357. The van der Waals surface area contributed by atoms with Crippen LogP contribution in [0.15, 0.2) is 30.3 Å². The molecule has 1 aromatic rings. The molecule has 104 valence electrons. The van der Waals surface area contributed by atoms with E-state index < -0.39 is 11.5 Å². The van der Waals surface area contributed by atoms with Gasteiger partial charge in [0.2, 0.25) is 5.78 Å². The minimum atomic E-state index is -0.977. The van der Waals surface area contributed by atoms with Crippen LogP contribution < -0.4 is 0 Å². The Bertz CT molecular complexity index is 556. The lowest BCUT2D eigenvalue weighted by atomic mass is 9.70. The van der Waals surface area contributed by atoms with Gasteiger partial charge in [-0.05, 0) is 18.4 Å². The van der Waals surface area contributed by atoms with E-state index in [9.17, 15) is 9.59 Å². The summed E-state index contributed by atoms with van der Waals surface area (Å²) < 4.78 is 0. The van der Waals surface area contributed by atoms with Gasteiger partial charge in [-0.15, -0.1) is 0 Å². The molecule has 2 rings (SSSR count). The van der Waals surface area contributed by atoms with E-state index in [-0.39, 0.29) is 18.9 Å². The van der Waals surface area contributed by atoms with E-state index in [1.807, 2.05) is 30.3 Å². The number of ketones is 1. The Morgan fingerprint density at radius 1 is 1.25 bits per heavy atom. The summed E-state index contributed by atoms with van der Waals surface area (Å²) in [5, 5.41) is 9.00. The zero-order chi connectivity index (χ0) is 14.6. The molecule has 0 bridgehead atoms. The summed E-state index contributed by atoms with van der Waals surface area (Å²) in [4.78, 5) is 27.4. The van der Waals surface area contributed by atoms with Crippen LogP contribution in [0.3, 0.4) is 0 Å². The highest BCUT2D eigenvalue weighted by Crippen LogP contribution is 2.36. The number of likely N-dealkylation sites (tertiary alicyclic amines) is 1. The first kappa shape index (κ1) is 14.0. The van der Waals surface area contributed by atoms with Crippen molar-refractivity contribution in [1.82, 2.24) is 4.90 Å². The first-order chi connectivity index (χ1) is 9.60. The highest BCUT2D eigenvalue weighted by molar-refractivity contribution is 6.29. The van der Waals surface area contributed by atoms with Crippen molar-refractivity contribution in [1.29, 1.82) is 0 Å². The summed E-state index contributed by atoms with van der Waals surface area (Å²) in [5.74, 6) is -0.295. The maximum atomic E-state index is 12.3. The van der Waals surface area contributed by atoms with E-state index >= 15 is 0 Å². The molecule has 1 fully saturated rings. The maximum absolute atomic E-state index is 12.3. The molecule has 0 unspecified atom stereocenters. The second kappa shape index (κ2) is 5.67. The van der Waals surface area contributed by atoms with Crippen LogP contribution in [0, 0.1) is 0 Å². The standard InChI is InChI=1S/C14H15N3O3/c15-16-10-12(18)14(11-4-2-1-3-5-11)6-8-17(9-7-14)13(19)20/h1-5,10H,6-9H2,(H,19,20). The zero-order valence-electron chi connectivity index (χ0n) is 10.9. The summed E-state index contributed by atoms with van der Waals surface area (Å²) >= 11 is 0. The number of carboxylic acid groups (broad SMARTS) is 1. The van der Waals surface area contributed by atoms with Crippen LogP contribution in [-0.2, 0) is 10.2 Å². The Labute approximate surface area is 116 Å². The van der Waals surface area contributed by atoms with Crippen LogP contribution in [0.1, 0.15) is 18.4 Å². The fourth-order valence-electron chi connectivity index (χ4n) is 2.69. The molecule has 1 heterocycles. The van der Waals surface area contributed by atoms with Crippen molar-refractivity contribution in [2.45, 2.75) is 18.3 Å². The summed E-state index contributed by atoms with van der Waals surface area (Å²) in [5.41, 5.74) is 8.64. The van der Waals surface area contributed by atoms with Gasteiger partial charge < -0.3 is 15.5 Å². The molecule has 1 saturated heterocycles. The topological polar surface area (TPSA) is 94.0 Å². The maximum Gasteiger partial charge on any atom is 0.407 e. The van der Waals surface area contributed by atoms with Gasteiger partial charge in [0.25, 0.3) is 0 Å². The number of hydrogen-bond acceptors (Lipinski definition) is 2. The predicted octanol–water partition coefficient (Wildman–Crippen LogP) is 1.57. The number of rotatable bonds is 3. The van der Waals surface area contributed by atoms with Gasteiger partial charge in [0.05, 0.1) is 5.41 Å². The van der Waals surface area contributed by atoms with E-state index in [4.69, 9.17) is 10.6 Å². The SMILES string of the molecule is [N-]=[N+]=CC(=O)C1(c2ccccc2)CCN(C(=O)O)CC1. The highest BCUT2D eigenvalue weighted by Gasteiger charge is 2.44. The number of amides is 1. The number of hydrogen-bond donors (Lipinski definition) is 1. The van der Waals surface area contributed by atoms with E-state index in [0.717, 1.165) is 11.8 Å². The number of carbonyl (C=O) groups is 2.